The summed E-state index contributed by atoms with van der Waals surface area (Å²) in [6.45, 7) is 3.38. The molecule has 0 saturated heterocycles. The normalized spacial score (nSPS) is 12.3. The van der Waals surface area contributed by atoms with Crippen molar-refractivity contribution in [1.29, 1.82) is 0 Å². The molecule has 0 aliphatic heterocycles. The van der Waals surface area contributed by atoms with Crippen molar-refractivity contribution in [2.24, 2.45) is 0 Å². The molecule has 3 aromatic rings. The molecular formula is C16H17N5O2. The van der Waals surface area contributed by atoms with E-state index < -0.39 is 0 Å². The predicted molar refractivity (Wildman–Crippen MR) is 86.4 cm³/mol. The van der Waals surface area contributed by atoms with Crippen molar-refractivity contribution in [3.05, 3.63) is 42.4 Å². The van der Waals surface area contributed by atoms with E-state index >= 15 is 0 Å². The number of pyridine rings is 2. The van der Waals surface area contributed by atoms with E-state index in [1.54, 1.807) is 30.3 Å². The van der Waals surface area contributed by atoms with Gasteiger partial charge in [-0.25, -0.2) is 14.6 Å². The number of carbonyl (C=O) groups excluding carboxylic acids is 1. The van der Waals surface area contributed by atoms with Crippen molar-refractivity contribution in [2.75, 3.05) is 12.4 Å². The van der Waals surface area contributed by atoms with Gasteiger partial charge in [-0.1, -0.05) is 6.07 Å². The number of amides is 1. The SMILES string of the molecule is COC(C)c1cccc(-n2ncc3cnc(NC(C)=O)cc32)n1. The number of aromatic nitrogens is 4. The summed E-state index contributed by atoms with van der Waals surface area (Å²) in [6.07, 6.45) is 3.29. The summed E-state index contributed by atoms with van der Waals surface area (Å²) in [5.74, 6) is 0.992. The van der Waals surface area contributed by atoms with Gasteiger partial charge in [-0.15, -0.1) is 0 Å². The van der Waals surface area contributed by atoms with Crippen LogP contribution in [0.1, 0.15) is 25.6 Å². The Morgan fingerprint density at radius 3 is 2.91 bits per heavy atom. The molecule has 3 heterocycles. The fraction of sp³-hybridized carbons (Fsp3) is 0.250. The van der Waals surface area contributed by atoms with E-state index in [4.69, 9.17) is 4.74 Å². The molecule has 1 atom stereocenters. The van der Waals surface area contributed by atoms with E-state index in [9.17, 15) is 4.79 Å². The summed E-state index contributed by atoms with van der Waals surface area (Å²) in [4.78, 5) is 20.0. The topological polar surface area (TPSA) is 81.9 Å². The minimum Gasteiger partial charge on any atom is -0.375 e. The van der Waals surface area contributed by atoms with Gasteiger partial charge in [0.25, 0.3) is 0 Å². The molecule has 0 radical (unpaired) electrons. The maximum atomic E-state index is 11.2. The first-order valence-corrected chi connectivity index (χ1v) is 7.20. The van der Waals surface area contributed by atoms with E-state index in [0.717, 1.165) is 16.6 Å². The molecular weight excluding hydrogens is 294 g/mol. The molecule has 0 bridgehead atoms. The highest BCUT2D eigenvalue weighted by molar-refractivity contribution is 5.90. The number of hydrogen-bond donors (Lipinski definition) is 1. The number of nitrogens with zero attached hydrogens (tertiary/aromatic N) is 4. The lowest BCUT2D eigenvalue weighted by Gasteiger charge is -2.11. The summed E-state index contributed by atoms with van der Waals surface area (Å²) >= 11 is 0. The first-order chi connectivity index (χ1) is 11.1. The molecule has 0 saturated carbocycles. The molecule has 1 amide bonds. The molecule has 7 nitrogen and oxygen atoms in total. The fourth-order valence-corrected chi connectivity index (χ4v) is 2.26. The third kappa shape index (κ3) is 3.04. The summed E-state index contributed by atoms with van der Waals surface area (Å²) in [5.41, 5.74) is 1.64. The van der Waals surface area contributed by atoms with E-state index in [-0.39, 0.29) is 12.0 Å². The Morgan fingerprint density at radius 2 is 2.17 bits per heavy atom. The molecule has 0 fully saturated rings. The Labute approximate surface area is 133 Å². The van der Waals surface area contributed by atoms with Gasteiger partial charge in [-0.3, -0.25) is 4.79 Å². The second-order valence-electron chi connectivity index (χ2n) is 5.16. The van der Waals surface area contributed by atoms with Gasteiger partial charge >= 0.3 is 0 Å². The van der Waals surface area contributed by atoms with Gasteiger partial charge in [0.2, 0.25) is 5.91 Å². The van der Waals surface area contributed by atoms with Crippen molar-refractivity contribution in [3.63, 3.8) is 0 Å². The van der Waals surface area contributed by atoms with E-state index in [2.05, 4.69) is 20.4 Å². The maximum absolute atomic E-state index is 11.2. The number of hydrogen-bond acceptors (Lipinski definition) is 5. The maximum Gasteiger partial charge on any atom is 0.222 e. The van der Waals surface area contributed by atoms with Gasteiger partial charge in [0, 0.05) is 31.7 Å². The highest BCUT2D eigenvalue weighted by Gasteiger charge is 2.11. The Bertz CT molecular complexity index is 859. The van der Waals surface area contributed by atoms with Crippen LogP contribution in [0.5, 0.6) is 0 Å². The van der Waals surface area contributed by atoms with Crippen LogP contribution in [0.3, 0.4) is 0 Å². The monoisotopic (exact) mass is 311 g/mol. The van der Waals surface area contributed by atoms with Crippen LogP contribution in [0, 0.1) is 0 Å². The largest absolute Gasteiger partial charge is 0.375 e. The summed E-state index contributed by atoms with van der Waals surface area (Å²) in [6, 6.07) is 7.47. The molecule has 23 heavy (non-hydrogen) atoms. The average molecular weight is 311 g/mol. The minimum atomic E-state index is -0.169. The van der Waals surface area contributed by atoms with E-state index in [0.29, 0.717) is 11.6 Å². The number of anilines is 1. The molecule has 3 rings (SSSR count). The number of nitrogens with one attached hydrogen (secondary N) is 1. The number of ether oxygens (including phenoxy) is 1. The van der Waals surface area contributed by atoms with Gasteiger partial charge in [0.15, 0.2) is 5.82 Å². The van der Waals surface area contributed by atoms with Crippen molar-refractivity contribution < 1.29 is 9.53 Å². The Balaban J connectivity index is 2.07. The van der Waals surface area contributed by atoms with Crippen LogP contribution in [0.2, 0.25) is 0 Å². The van der Waals surface area contributed by atoms with Gasteiger partial charge in [0.05, 0.1) is 23.5 Å². The smallest absolute Gasteiger partial charge is 0.222 e. The molecule has 0 aliphatic rings. The van der Waals surface area contributed by atoms with Crippen molar-refractivity contribution >= 4 is 22.6 Å². The van der Waals surface area contributed by atoms with Crippen LogP contribution in [0.15, 0.2) is 36.7 Å². The zero-order chi connectivity index (χ0) is 16.4. The average Bonchev–Trinajstić information content (AvgIpc) is 2.97. The second kappa shape index (κ2) is 6.13. The zero-order valence-corrected chi connectivity index (χ0v) is 13.1. The van der Waals surface area contributed by atoms with Gasteiger partial charge in [-0.05, 0) is 19.1 Å². The van der Waals surface area contributed by atoms with E-state index in [1.807, 2.05) is 25.1 Å². The number of fused-ring (bicyclic) bond motifs is 1. The summed E-state index contributed by atoms with van der Waals surface area (Å²) < 4.78 is 7.03. The van der Waals surface area contributed by atoms with Crippen molar-refractivity contribution in [3.8, 4) is 5.82 Å². The number of rotatable bonds is 4. The van der Waals surface area contributed by atoms with Crippen LogP contribution in [-0.2, 0) is 9.53 Å². The highest BCUT2D eigenvalue weighted by atomic mass is 16.5. The van der Waals surface area contributed by atoms with Crippen LogP contribution in [-0.4, -0.2) is 32.8 Å². The van der Waals surface area contributed by atoms with Gasteiger partial charge in [0.1, 0.15) is 5.82 Å². The van der Waals surface area contributed by atoms with Crippen LogP contribution in [0.25, 0.3) is 16.7 Å². The third-order valence-corrected chi connectivity index (χ3v) is 3.50. The molecule has 3 aromatic heterocycles. The number of methoxy groups -OCH3 is 1. The quantitative estimate of drug-likeness (QED) is 0.800. The summed E-state index contributed by atoms with van der Waals surface area (Å²) in [5, 5.41) is 7.91. The molecule has 7 heteroatoms. The zero-order valence-electron chi connectivity index (χ0n) is 13.1. The lowest BCUT2D eigenvalue weighted by atomic mass is 10.2. The Hall–Kier alpha value is -2.80. The molecule has 0 aromatic carbocycles. The van der Waals surface area contributed by atoms with E-state index in [1.165, 1.54) is 6.92 Å². The molecule has 1 unspecified atom stereocenters. The van der Waals surface area contributed by atoms with Crippen molar-refractivity contribution in [1.82, 2.24) is 19.7 Å². The van der Waals surface area contributed by atoms with Crippen molar-refractivity contribution in [2.45, 2.75) is 20.0 Å². The Kier molecular flexibility index (Phi) is 4.03. The minimum absolute atomic E-state index is 0.103. The molecule has 0 aliphatic carbocycles. The summed E-state index contributed by atoms with van der Waals surface area (Å²) in [7, 11) is 1.65. The number of carbonyl (C=O) groups is 1. The molecule has 1 N–H and O–H groups in total. The molecule has 0 spiro atoms. The first kappa shape index (κ1) is 15.1. The highest BCUT2D eigenvalue weighted by Crippen LogP contribution is 2.21. The van der Waals surface area contributed by atoms with Crippen LogP contribution >= 0.6 is 0 Å². The predicted octanol–water partition coefficient (Wildman–Crippen LogP) is 2.48. The lowest BCUT2D eigenvalue weighted by Crippen LogP contribution is -2.08. The first-order valence-electron chi connectivity index (χ1n) is 7.20. The lowest BCUT2D eigenvalue weighted by molar-refractivity contribution is -0.114. The van der Waals surface area contributed by atoms with Crippen LogP contribution in [0.4, 0.5) is 5.82 Å². The third-order valence-electron chi connectivity index (χ3n) is 3.50. The fourth-order valence-electron chi connectivity index (χ4n) is 2.26. The van der Waals surface area contributed by atoms with Gasteiger partial charge in [-0.2, -0.15) is 5.10 Å². The standard InChI is InChI=1S/C16H17N5O2/c1-10(23-3)13-5-4-6-16(20-13)21-14-7-15(19-11(2)22)17-8-12(14)9-18-21/h4-10H,1-3H3,(H,17,19,22). The van der Waals surface area contributed by atoms with Crippen LogP contribution < -0.4 is 5.32 Å². The second-order valence-corrected chi connectivity index (χ2v) is 5.16. The Morgan fingerprint density at radius 1 is 1.35 bits per heavy atom. The van der Waals surface area contributed by atoms with Gasteiger partial charge < -0.3 is 10.1 Å². The molecule has 118 valence electrons.